The van der Waals surface area contributed by atoms with Crippen LogP contribution in [0.25, 0.3) is 0 Å². The highest BCUT2D eigenvalue weighted by Gasteiger charge is 2.20. The van der Waals surface area contributed by atoms with E-state index in [1.165, 1.54) is 42.8 Å². The van der Waals surface area contributed by atoms with Gasteiger partial charge in [-0.1, -0.05) is 31.5 Å². The molecule has 1 atom stereocenters. The zero-order valence-corrected chi connectivity index (χ0v) is 19.0. The fourth-order valence-corrected chi connectivity index (χ4v) is 5.13. The number of hydrogen-bond acceptors (Lipinski definition) is 4. The third-order valence-electron chi connectivity index (χ3n) is 5.71. The Hall–Kier alpha value is -1.60. The number of amides is 1. The van der Waals surface area contributed by atoms with Gasteiger partial charge in [0, 0.05) is 32.1 Å². The Labute approximate surface area is 176 Å². The largest absolute Gasteiger partial charge is 0.356 e. The van der Waals surface area contributed by atoms with E-state index < -0.39 is 10.0 Å². The number of nitrogens with one attached hydrogen (secondary N) is 1. The van der Waals surface area contributed by atoms with Gasteiger partial charge in [0.1, 0.15) is 0 Å². The lowest BCUT2D eigenvalue weighted by atomic mass is 10.00. The monoisotopic (exact) mass is 423 g/mol. The van der Waals surface area contributed by atoms with Crippen LogP contribution in [0.1, 0.15) is 57.4 Å². The van der Waals surface area contributed by atoms with Crippen LogP contribution in [-0.4, -0.2) is 57.7 Å². The number of carbonyl (C=O) groups excluding carboxylic acids is 1. The molecule has 6 nitrogen and oxygen atoms in total. The van der Waals surface area contributed by atoms with Crippen LogP contribution in [0.2, 0.25) is 0 Å². The first-order valence-corrected chi connectivity index (χ1v) is 12.7. The van der Waals surface area contributed by atoms with E-state index in [1.807, 2.05) is 25.1 Å². The van der Waals surface area contributed by atoms with Crippen LogP contribution in [0.4, 0.5) is 5.69 Å². The van der Waals surface area contributed by atoms with Gasteiger partial charge in [-0.3, -0.25) is 9.10 Å². The second kappa shape index (κ2) is 11.6. The normalized spacial score (nSPS) is 17.8. The van der Waals surface area contributed by atoms with E-state index in [-0.39, 0.29) is 5.91 Å². The standard InChI is InChI=1S/C22H37N3O3S/c1-4-20-12-7-8-16-24(20)17-10-15-23-22(26)14-9-18-25(29(3,27)28)21-13-6-5-11-19(21)2/h5-6,11,13,20H,4,7-10,12,14-18H2,1-3H3,(H,23,26). The van der Waals surface area contributed by atoms with Gasteiger partial charge in [0.2, 0.25) is 15.9 Å². The number of para-hydroxylation sites is 1. The Morgan fingerprint density at radius 1 is 1.24 bits per heavy atom. The zero-order chi connectivity index (χ0) is 21.3. The van der Waals surface area contributed by atoms with Crippen molar-refractivity contribution in [2.45, 2.75) is 64.8 Å². The van der Waals surface area contributed by atoms with Crippen molar-refractivity contribution >= 4 is 21.6 Å². The molecule has 0 radical (unpaired) electrons. The van der Waals surface area contributed by atoms with Gasteiger partial charge in [0.25, 0.3) is 0 Å². The molecule has 0 bridgehead atoms. The van der Waals surface area contributed by atoms with E-state index in [1.54, 1.807) is 6.07 Å². The third-order valence-corrected chi connectivity index (χ3v) is 6.89. The van der Waals surface area contributed by atoms with Crippen LogP contribution in [0.3, 0.4) is 0 Å². The van der Waals surface area contributed by atoms with Crippen LogP contribution in [0.5, 0.6) is 0 Å². The van der Waals surface area contributed by atoms with Gasteiger partial charge in [0.15, 0.2) is 0 Å². The highest BCUT2D eigenvalue weighted by Crippen LogP contribution is 2.22. The third kappa shape index (κ3) is 7.63. The van der Waals surface area contributed by atoms with Gasteiger partial charge >= 0.3 is 0 Å². The van der Waals surface area contributed by atoms with E-state index in [9.17, 15) is 13.2 Å². The van der Waals surface area contributed by atoms with Crippen LogP contribution in [-0.2, 0) is 14.8 Å². The summed E-state index contributed by atoms with van der Waals surface area (Å²) in [6.45, 7) is 7.34. The van der Waals surface area contributed by atoms with Crippen molar-refractivity contribution < 1.29 is 13.2 Å². The summed E-state index contributed by atoms with van der Waals surface area (Å²) in [6.07, 6.45) is 8.10. The predicted octanol–water partition coefficient (Wildman–Crippen LogP) is 3.31. The molecule has 0 spiro atoms. The number of rotatable bonds is 11. The Balaban J connectivity index is 1.72. The summed E-state index contributed by atoms with van der Waals surface area (Å²) in [4.78, 5) is 14.7. The Morgan fingerprint density at radius 2 is 2.00 bits per heavy atom. The molecule has 1 saturated heterocycles. The molecule has 2 rings (SSSR count). The molecule has 1 aromatic rings. The zero-order valence-electron chi connectivity index (χ0n) is 18.2. The van der Waals surface area contributed by atoms with Gasteiger partial charge in [-0.15, -0.1) is 0 Å². The molecule has 0 aliphatic carbocycles. The molecule has 164 valence electrons. The number of hydrogen-bond donors (Lipinski definition) is 1. The summed E-state index contributed by atoms with van der Waals surface area (Å²) in [5.74, 6) is -0.00563. The maximum Gasteiger partial charge on any atom is 0.232 e. The van der Waals surface area contributed by atoms with Gasteiger partial charge in [-0.05, 0) is 57.2 Å². The fourth-order valence-electron chi connectivity index (χ4n) is 4.11. The molecular weight excluding hydrogens is 386 g/mol. The van der Waals surface area contributed by atoms with Crippen molar-refractivity contribution in [3.05, 3.63) is 29.8 Å². The summed E-state index contributed by atoms with van der Waals surface area (Å²) in [7, 11) is -3.38. The molecule has 1 aliphatic rings. The molecule has 1 aliphatic heterocycles. The lowest BCUT2D eigenvalue weighted by Crippen LogP contribution is -2.40. The molecule has 1 unspecified atom stereocenters. The quantitative estimate of drug-likeness (QED) is 0.555. The summed E-state index contributed by atoms with van der Waals surface area (Å²) >= 11 is 0. The van der Waals surface area contributed by atoms with Crippen molar-refractivity contribution in [1.29, 1.82) is 0 Å². The second-order valence-electron chi connectivity index (χ2n) is 8.02. The lowest BCUT2D eigenvalue weighted by Gasteiger charge is -2.35. The maximum absolute atomic E-state index is 12.2. The summed E-state index contributed by atoms with van der Waals surface area (Å²) in [5, 5.41) is 2.99. The number of aryl methyl sites for hydroxylation is 1. The number of nitrogens with zero attached hydrogens (tertiary/aromatic N) is 2. The average molecular weight is 424 g/mol. The van der Waals surface area contributed by atoms with Crippen molar-refractivity contribution in [1.82, 2.24) is 10.2 Å². The topological polar surface area (TPSA) is 69.7 Å². The molecule has 1 N–H and O–H groups in total. The first kappa shape index (κ1) is 23.7. The van der Waals surface area contributed by atoms with Gasteiger partial charge in [0.05, 0.1) is 11.9 Å². The van der Waals surface area contributed by atoms with Gasteiger partial charge in [-0.2, -0.15) is 0 Å². The minimum Gasteiger partial charge on any atom is -0.356 e. The van der Waals surface area contributed by atoms with Crippen molar-refractivity contribution in [2.24, 2.45) is 0 Å². The first-order valence-electron chi connectivity index (χ1n) is 10.9. The SMILES string of the molecule is CCC1CCCCN1CCCNC(=O)CCCN(c1ccccc1C)S(C)(=O)=O. The molecule has 1 heterocycles. The Morgan fingerprint density at radius 3 is 2.69 bits per heavy atom. The highest BCUT2D eigenvalue weighted by atomic mass is 32.2. The Kier molecular flexibility index (Phi) is 9.43. The molecule has 0 saturated carbocycles. The van der Waals surface area contributed by atoms with Crippen molar-refractivity contribution in [2.75, 3.05) is 36.7 Å². The van der Waals surface area contributed by atoms with E-state index in [2.05, 4.69) is 17.1 Å². The molecule has 1 aromatic carbocycles. The molecular formula is C22H37N3O3S. The molecule has 0 aromatic heterocycles. The van der Waals surface area contributed by atoms with Crippen LogP contribution < -0.4 is 9.62 Å². The van der Waals surface area contributed by atoms with E-state index in [0.717, 1.165) is 18.5 Å². The minimum absolute atomic E-state index is 0.00563. The summed E-state index contributed by atoms with van der Waals surface area (Å²) in [6, 6.07) is 8.12. The number of anilines is 1. The fraction of sp³-hybridized carbons (Fsp3) is 0.682. The summed E-state index contributed by atoms with van der Waals surface area (Å²) in [5.41, 5.74) is 1.59. The number of sulfonamides is 1. The summed E-state index contributed by atoms with van der Waals surface area (Å²) < 4.78 is 25.8. The number of likely N-dealkylation sites (tertiary alicyclic amines) is 1. The van der Waals surface area contributed by atoms with E-state index in [0.29, 0.717) is 37.7 Å². The minimum atomic E-state index is -3.38. The molecule has 7 heteroatoms. The van der Waals surface area contributed by atoms with Crippen molar-refractivity contribution in [3.63, 3.8) is 0 Å². The highest BCUT2D eigenvalue weighted by molar-refractivity contribution is 7.92. The average Bonchev–Trinajstić information content (AvgIpc) is 2.69. The van der Waals surface area contributed by atoms with Crippen LogP contribution >= 0.6 is 0 Å². The van der Waals surface area contributed by atoms with Gasteiger partial charge < -0.3 is 10.2 Å². The second-order valence-corrected chi connectivity index (χ2v) is 9.93. The van der Waals surface area contributed by atoms with Crippen molar-refractivity contribution in [3.8, 4) is 0 Å². The number of piperidine rings is 1. The maximum atomic E-state index is 12.2. The predicted molar refractivity (Wildman–Crippen MR) is 120 cm³/mol. The van der Waals surface area contributed by atoms with Crippen LogP contribution in [0.15, 0.2) is 24.3 Å². The number of carbonyl (C=O) groups is 1. The first-order chi connectivity index (χ1) is 13.8. The molecule has 1 fully saturated rings. The van der Waals surface area contributed by atoms with E-state index >= 15 is 0 Å². The molecule has 29 heavy (non-hydrogen) atoms. The lowest BCUT2D eigenvalue weighted by molar-refractivity contribution is -0.121. The van der Waals surface area contributed by atoms with Crippen LogP contribution in [0, 0.1) is 6.92 Å². The molecule has 1 amide bonds. The smallest absolute Gasteiger partial charge is 0.232 e. The Bertz CT molecular complexity index is 751. The van der Waals surface area contributed by atoms with E-state index in [4.69, 9.17) is 0 Å². The van der Waals surface area contributed by atoms with Gasteiger partial charge in [-0.25, -0.2) is 8.42 Å². The number of benzene rings is 1.